The van der Waals surface area contributed by atoms with Crippen molar-refractivity contribution in [2.24, 2.45) is 0 Å². The average Bonchev–Trinajstić information content (AvgIpc) is 2.49. The van der Waals surface area contributed by atoms with Gasteiger partial charge in [0, 0.05) is 23.8 Å². The van der Waals surface area contributed by atoms with Gasteiger partial charge in [0.05, 0.1) is 5.69 Å². The molecule has 2 atom stereocenters. The molecule has 1 aliphatic rings. The Labute approximate surface area is 140 Å². The number of carbonyl (C=O) groups is 2. The molecule has 2 N–H and O–H groups in total. The van der Waals surface area contributed by atoms with Crippen LogP contribution in [0.2, 0.25) is 0 Å². The van der Waals surface area contributed by atoms with Crippen LogP contribution in [0.1, 0.15) is 49.9 Å². The summed E-state index contributed by atoms with van der Waals surface area (Å²) >= 11 is 1.94. The average molecular weight is 338 g/mol. The molecule has 0 bridgehead atoms. The van der Waals surface area contributed by atoms with E-state index in [1.54, 1.807) is 0 Å². The number of hydrogen-bond acceptors (Lipinski definition) is 3. The minimum Gasteiger partial charge on any atom is -0.349 e. The normalized spacial score (nSPS) is 20.8. The van der Waals surface area contributed by atoms with E-state index in [0.717, 1.165) is 25.0 Å². The number of nitrogens with one attached hydrogen (secondary N) is 2. The lowest BCUT2D eigenvalue weighted by atomic mass is 9.94. The fourth-order valence-corrected chi connectivity index (χ4v) is 4.06. The van der Waals surface area contributed by atoms with Crippen molar-refractivity contribution in [1.29, 1.82) is 0 Å². The summed E-state index contributed by atoms with van der Waals surface area (Å²) in [4.78, 5) is 23.5. The van der Waals surface area contributed by atoms with Gasteiger partial charge in [-0.25, -0.2) is 4.39 Å². The third-order valence-corrected chi connectivity index (χ3v) is 5.14. The second-order valence-electron chi connectivity index (χ2n) is 5.79. The third kappa shape index (κ3) is 5.23. The monoisotopic (exact) mass is 338 g/mol. The van der Waals surface area contributed by atoms with Crippen LogP contribution in [0.4, 0.5) is 10.1 Å². The Kier molecular flexibility index (Phi) is 6.45. The van der Waals surface area contributed by atoms with Gasteiger partial charge in [0.2, 0.25) is 5.91 Å². The van der Waals surface area contributed by atoms with E-state index in [1.807, 2.05) is 11.8 Å². The molecule has 0 aliphatic heterocycles. The number of rotatable bonds is 5. The van der Waals surface area contributed by atoms with E-state index in [4.69, 9.17) is 0 Å². The molecular weight excluding hydrogens is 315 g/mol. The zero-order valence-corrected chi connectivity index (χ0v) is 14.3. The standard InChI is InChI=1S/C17H23FN2O2S/c1-3-23-14-6-4-5-13(10-14)20-17(22)12-7-8-15(18)16(9-12)19-11(2)21/h7-9,13-14H,3-6,10H2,1-2H3,(H,19,21)(H,20,22). The van der Waals surface area contributed by atoms with E-state index in [9.17, 15) is 14.0 Å². The minimum absolute atomic E-state index is 0.0354. The number of halogens is 1. The van der Waals surface area contributed by atoms with Gasteiger partial charge in [0.15, 0.2) is 0 Å². The van der Waals surface area contributed by atoms with Gasteiger partial charge in [-0.1, -0.05) is 13.3 Å². The molecule has 2 unspecified atom stereocenters. The smallest absolute Gasteiger partial charge is 0.251 e. The Balaban J connectivity index is 2.01. The minimum atomic E-state index is -0.547. The number of hydrogen-bond donors (Lipinski definition) is 2. The predicted molar refractivity (Wildman–Crippen MR) is 92.3 cm³/mol. The van der Waals surface area contributed by atoms with E-state index in [-0.39, 0.29) is 23.5 Å². The number of amides is 2. The van der Waals surface area contributed by atoms with Gasteiger partial charge >= 0.3 is 0 Å². The molecule has 0 aromatic heterocycles. The summed E-state index contributed by atoms with van der Waals surface area (Å²) in [6, 6.07) is 4.19. The predicted octanol–water partition coefficient (Wildman–Crippen LogP) is 3.58. The molecule has 2 rings (SSSR count). The Morgan fingerprint density at radius 1 is 1.35 bits per heavy atom. The Morgan fingerprint density at radius 3 is 2.83 bits per heavy atom. The van der Waals surface area contributed by atoms with Gasteiger partial charge in [-0.05, 0) is 43.2 Å². The van der Waals surface area contributed by atoms with E-state index in [1.165, 1.54) is 31.5 Å². The molecule has 0 spiro atoms. The number of thioether (sulfide) groups is 1. The summed E-state index contributed by atoms with van der Waals surface area (Å²) in [5.74, 6) is -0.0469. The molecule has 4 nitrogen and oxygen atoms in total. The van der Waals surface area contributed by atoms with Crippen molar-refractivity contribution in [2.75, 3.05) is 11.1 Å². The number of anilines is 1. The van der Waals surface area contributed by atoms with Gasteiger partial charge < -0.3 is 10.6 Å². The molecular formula is C17H23FN2O2S. The Bertz CT molecular complexity index is 578. The summed E-state index contributed by atoms with van der Waals surface area (Å²) < 4.78 is 13.6. The first-order chi connectivity index (χ1) is 11.0. The first-order valence-corrected chi connectivity index (χ1v) is 9.04. The lowest BCUT2D eigenvalue weighted by Gasteiger charge is -2.29. The quantitative estimate of drug-likeness (QED) is 0.863. The van der Waals surface area contributed by atoms with Gasteiger partial charge in [-0.2, -0.15) is 11.8 Å². The van der Waals surface area contributed by atoms with Crippen molar-refractivity contribution < 1.29 is 14.0 Å². The number of benzene rings is 1. The molecule has 0 radical (unpaired) electrons. The maximum absolute atomic E-state index is 13.6. The zero-order valence-electron chi connectivity index (χ0n) is 13.5. The molecule has 2 amide bonds. The molecule has 1 saturated carbocycles. The van der Waals surface area contributed by atoms with Crippen molar-refractivity contribution in [2.45, 2.75) is 50.8 Å². The van der Waals surface area contributed by atoms with Crippen LogP contribution in [0.5, 0.6) is 0 Å². The summed E-state index contributed by atoms with van der Waals surface area (Å²) in [5.41, 5.74) is 0.397. The van der Waals surface area contributed by atoms with Crippen LogP contribution in [-0.2, 0) is 4.79 Å². The first kappa shape index (κ1) is 17.8. The zero-order chi connectivity index (χ0) is 16.8. The highest BCUT2D eigenvalue weighted by Gasteiger charge is 2.23. The highest BCUT2D eigenvalue weighted by Crippen LogP contribution is 2.28. The van der Waals surface area contributed by atoms with Crippen LogP contribution in [0.3, 0.4) is 0 Å². The largest absolute Gasteiger partial charge is 0.349 e. The molecule has 0 heterocycles. The summed E-state index contributed by atoms with van der Waals surface area (Å²) in [6.45, 7) is 3.45. The molecule has 6 heteroatoms. The van der Waals surface area contributed by atoms with Gasteiger partial charge in [-0.15, -0.1) is 0 Å². The fraction of sp³-hybridized carbons (Fsp3) is 0.529. The highest BCUT2D eigenvalue weighted by atomic mass is 32.2. The second kappa shape index (κ2) is 8.34. The van der Waals surface area contributed by atoms with Crippen molar-refractivity contribution in [1.82, 2.24) is 5.32 Å². The van der Waals surface area contributed by atoms with Gasteiger partial charge in [0.25, 0.3) is 5.91 Å². The second-order valence-corrected chi connectivity index (χ2v) is 7.37. The molecule has 1 aromatic rings. The third-order valence-electron chi connectivity index (χ3n) is 3.90. The van der Waals surface area contributed by atoms with Crippen LogP contribution in [0.25, 0.3) is 0 Å². The Morgan fingerprint density at radius 2 is 2.13 bits per heavy atom. The molecule has 126 valence electrons. The van der Waals surface area contributed by atoms with Crippen molar-refractivity contribution in [3.05, 3.63) is 29.6 Å². The van der Waals surface area contributed by atoms with Crippen LogP contribution in [-0.4, -0.2) is 28.9 Å². The van der Waals surface area contributed by atoms with Crippen LogP contribution in [0, 0.1) is 5.82 Å². The molecule has 0 saturated heterocycles. The fourth-order valence-electron chi connectivity index (χ4n) is 2.88. The van der Waals surface area contributed by atoms with E-state index < -0.39 is 5.82 Å². The molecule has 1 aromatic carbocycles. The van der Waals surface area contributed by atoms with Crippen LogP contribution in [0.15, 0.2) is 18.2 Å². The van der Waals surface area contributed by atoms with Crippen LogP contribution < -0.4 is 10.6 Å². The molecule has 1 fully saturated rings. The van der Waals surface area contributed by atoms with E-state index in [2.05, 4.69) is 17.6 Å². The number of carbonyl (C=O) groups excluding carboxylic acids is 2. The highest BCUT2D eigenvalue weighted by molar-refractivity contribution is 7.99. The lowest BCUT2D eigenvalue weighted by Crippen LogP contribution is -2.39. The van der Waals surface area contributed by atoms with Crippen molar-refractivity contribution in [3.63, 3.8) is 0 Å². The lowest BCUT2D eigenvalue weighted by molar-refractivity contribution is -0.114. The summed E-state index contributed by atoms with van der Waals surface area (Å²) in [7, 11) is 0. The van der Waals surface area contributed by atoms with E-state index >= 15 is 0 Å². The molecule has 23 heavy (non-hydrogen) atoms. The van der Waals surface area contributed by atoms with Crippen LogP contribution >= 0.6 is 11.8 Å². The Hall–Kier alpha value is -1.56. The van der Waals surface area contributed by atoms with E-state index in [0.29, 0.717) is 10.8 Å². The molecule has 1 aliphatic carbocycles. The van der Waals surface area contributed by atoms with Crippen molar-refractivity contribution in [3.8, 4) is 0 Å². The first-order valence-electron chi connectivity index (χ1n) is 7.99. The van der Waals surface area contributed by atoms with Gasteiger partial charge in [-0.3, -0.25) is 9.59 Å². The SMILES string of the molecule is CCSC1CCCC(NC(=O)c2ccc(F)c(NC(C)=O)c2)C1. The summed E-state index contributed by atoms with van der Waals surface area (Å²) in [5, 5.41) is 6.03. The topological polar surface area (TPSA) is 58.2 Å². The van der Waals surface area contributed by atoms with Crippen molar-refractivity contribution >= 4 is 29.3 Å². The van der Waals surface area contributed by atoms with Gasteiger partial charge in [0.1, 0.15) is 5.82 Å². The maximum atomic E-state index is 13.6. The summed E-state index contributed by atoms with van der Waals surface area (Å²) in [6.07, 6.45) is 4.27. The maximum Gasteiger partial charge on any atom is 0.251 e.